The van der Waals surface area contributed by atoms with Crippen LogP contribution < -0.4 is 10.1 Å². The predicted molar refractivity (Wildman–Crippen MR) is 97.2 cm³/mol. The van der Waals surface area contributed by atoms with Crippen LogP contribution in [0.25, 0.3) is 10.8 Å². The molecule has 2 aromatic carbocycles. The fourth-order valence-electron chi connectivity index (χ4n) is 2.22. The molecule has 0 bridgehead atoms. The van der Waals surface area contributed by atoms with E-state index in [1.165, 1.54) is 11.3 Å². The van der Waals surface area contributed by atoms with Crippen molar-refractivity contribution in [3.05, 3.63) is 64.9 Å². The van der Waals surface area contributed by atoms with Gasteiger partial charge in [-0.05, 0) is 34.4 Å². The van der Waals surface area contributed by atoms with Crippen LogP contribution in [0.15, 0.2) is 60.0 Å². The number of imide groups is 1. The molecule has 1 N–H and O–H groups in total. The number of rotatable bonds is 6. The van der Waals surface area contributed by atoms with Crippen molar-refractivity contribution in [3.63, 3.8) is 0 Å². The highest BCUT2D eigenvalue weighted by molar-refractivity contribution is 7.12. The minimum atomic E-state index is -0.697. The lowest BCUT2D eigenvalue weighted by Crippen LogP contribution is -2.34. The molecule has 132 valence electrons. The van der Waals surface area contributed by atoms with E-state index in [9.17, 15) is 14.4 Å². The molecule has 1 heterocycles. The number of carbonyl (C=O) groups is 3. The fourth-order valence-corrected chi connectivity index (χ4v) is 2.84. The van der Waals surface area contributed by atoms with Gasteiger partial charge in [-0.2, -0.15) is 0 Å². The van der Waals surface area contributed by atoms with Crippen LogP contribution in [0.1, 0.15) is 9.67 Å². The number of esters is 1. The van der Waals surface area contributed by atoms with Crippen LogP contribution in [-0.4, -0.2) is 31.0 Å². The number of fused-ring (bicyclic) bond motifs is 1. The summed E-state index contributed by atoms with van der Waals surface area (Å²) < 4.78 is 10.2. The van der Waals surface area contributed by atoms with Crippen molar-refractivity contribution in [3.8, 4) is 5.75 Å². The average Bonchev–Trinajstić information content (AvgIpc) is 3.19. The topological polar surface area (TPSA) is 81.7 Å². The SMILES string of the molecule is O=C(COC(=O)COc1ccc2ccccc2c1)NC(=O)c1cccs1. The monoisotopic (exact) mass is 369 g/mol. The van der Waals surface area contributed by atoms with Crippen LogP contribution in [-0.2, 0) is 14.3 Å². The summed E-state index contributed by atoms with van der Waals surface area (Å²) in [6.45, 7) is -0.873. The van der Waals surface area contributed by atoms with E-state index < -0.39 is 24.4 Å². The molecule has 0 spiro atoms. The fraction of sp³-hybridized carbons (Fsp3) is 0.105. The predicted octanol–water partition coefficient (Wildman–Crippen LogP) is 2.78. The highest BCUT2D eigenvalue weighted by Crippen LogP contribution is 2.20. The number of ether oxygens (including phenoxy) is 2. The van der Waals surface area contributed by atoms with Crippen LogP contribution in [0.3, 0.4) is 0 Å². The lowest BCUT2D eigenvalue weighted by atomic mass is 10.1. The molecule has 0 radical (unpaired) electrons. The van der Waals surface area contributed by atoms with Gasteiger partial charge in [0.25, 0.3) is 11.8 Å². The van der Waals surface area contributed by atoms with E-state index in [0.29, 0.717) is 10.6 Å². The van der Waals surface area contributed by atoms with Gasteiger partial charge in [0, 0.05) is 0 Å². The second-order valence-electron chi connectivity index (χ2n) is 5.31. The number of amides is 2. The molecule has 7 heteroatoms. The van der Waals surface area contributed by atoms with Crippen molar-refractivity contribution in [2.45, 2.75) is 0 Å². The van der Waals surface area contributed by atoms with E-state index in [4.69, 9.17) is 9.47 Å². The van der Waals surface area contributed by atoms with E-state index >= 15 is 0 Å². The summed E-state index contributed by atoms with van der Waals surface area (Å²) in [6, 6.07) is 16.5. The third-order valence-corrected chi connectivity index (χ3v) is 4.31. The smallest absolute Gasteiger partial charge is 0.344 e. The Kier molecular flexibility index (Phi) is 5.60. The van der Waals surface area contributed by atoms with Gasteiger partial charge in [-0.1, -0.05) is 36.4 Å². The van der Waals surface area contributed by atoms with Crippen molar-refractivity contribution in [2.75, 3.05) is 13.2 Å². The van der Waals surface area contributed by atoms with Crippen molar-refractivity contribution in [1.29, 1.82) is 0 Å². The van der Waals surface area contributed by atoms with Gasteiger partial charge in [0.1, 0.15) is 5.75 Å². The molecule has 0 aliphatic carbocycles. The average molecular weight is 369 g/mol. The molecule has 3 rings (SSSR count). The highest BCUT2D eigenvalue weighted by Gasteiger charge is 2.13. The van der Waals surface area contributed by atoms with Gasteiger partial charge in [-0.25, -0.2) is 4.79 Å². The number of carbonyl (C=O) groups excluding carboxylic acids is 3. The standard InChI is InChI=1S/C19H15NO5S/c21-17(20-19(23)16-6-3-9-26-16)11-25-18(22)12-24-15-8-7-13-4-1-2-5-14(13)10-15/h1-10H,11-12H2,(H,20,21,23). The first-order valence-corrected chi connectivity index (χ1v) is 8.65. The van der Waals surface area contributed by atoms with E-state index in [2.05, 4.69) is 5.32 Å². The van der Waals surface area contributed by atoms with Gasteiger partial charge in [0.05, 0.1) is 4.88 Å². The van der Waals surface area contributed by atoms with Gasteiger partial charge in [0.15, 0.2) is 13.2 Å². The lowest BCUT2D eigenvalue weighted by molar-refractivity contribution is -0.150. The Bertz CT molecular complexity index is 936. The minimum absolute atomic E-state index is 0.329. The number of hydrogen-bond acceptors (Lipinski definition) is 6. The second kappa shape index (κ2) is 8.26. The summed E-state index contributed by atoms with van der Waals surface area (Å²) in [7, 11) is 0. The molecule has 3 aromatic rings. The van der Waals surface area contributed by atoms with Crippen LogP contribution in [0.4, 0.5) is 0 Å². The third kappa shape index (κ3) is 4.67. The summed E-state index contributed by atoms with van der Waals surface area (Å²) >= 11 is 1.21. The Morgan fingerprint density at radius 2 is 1.73 bits per heavy atom. The summed E-state index contributed by atoms with van der Waals surface area (Å²) in [6.07, 6.45) is 0. The highest BCUT2D eigenvalue weighted by atomic mass is 32.1. The first-order chi connectivity index (χ1) is 12.6. The zero-order valence-electron chi connectivity index (χ0n) is 13.6. The quantitative estimate of drug-likeness (QED) is 0.676. The Balaban J connectivity index is 1.43. The molecule has 6 nitrogen and oxygen atoms in total. The van der Waals surface area contributed by atoms with E-state index in [1.807, 2.05) is 36.4 Å². The summed E-state index contributed by atoms with van der Waals surface area (Å²) in [5, 5.41) is 5.93. The zero-order valence-corrected chi connectivity index (χ0v) is 14.5. The Morgan fingerprint density at radius 3 is 2.50 bits per heavy atom. The minimum Gasteiger partial charge on any atom is -0.482 e. The summed E-state index contributed by atoms with van der Waals surface area (Å²) in [5.41, 5.74) is 0. The van der Waals surface area contributed by atoms with E-state index in [0.717, 1.165) is 10.8 Å². The lowest BCUT2D eigenvalue weighted by Gasteiger charge is -2.08. The molecule has 0 unspecified atom stereocenters. The van der Waals surface area contributed by atoms with Crippen LogP contribution in [0.5, 0.6) is 5.75 Å². The van der Waals surface area contributed by atoms with Crippen LogP contribution in [0, 0.1) is 0 Å². The normalized spacial score (nSPS) is 10.3. The van der Waals surface area contributed by atoms with Crippen molar-refractivity contribution in [1.82, 2.24) is 5.32 Å². The van der Waals surface area contributed by atoms with Gasteiger partial charge >= 0.3 is 5.97 Å². The molecule has 0 aliphatic heterocycles. The largest absolute Gasteiger partial charge is 0.482 e. The molecule has 2 amide bonds. The molecular formula is C19H15NO5S. The number of thiophene rings is 1. The molecule has 0 aliphatic rings. The van der Waals surface area contributed by atoms with Gasteiger partial charge < -0.3 is 9.47 Å². The first kappa shape index (κ1) is 17.6. The maximum absolute atomic E-state index is 11.7. The zero-order chi connectivity index (χ0) is 18.4. The summed E-state index contributed by atoms with van der Waals surface area (Å²) in [5.74, 6) is -1.38. The molecule has 0 atom stereocenters. The maximum atomic E-state index is 11.7. The van der Waals surface area contributed by atoms with Crippen molar-refractivity contribution >= 4 is 39.9 Å². The van der Waals surface area contributed by atoms with Crippen molar-refractivity contribution < 1.29 is 23.9 Å². The molecule has 0 fully saturated rings. The van der Waals surface area contributed by atoms with Gasteiger partial charge in [-0.3, -0.25) is 14.9 Å². The second-order valence-corrected chi connectivity index (χ2v) is 6.26. The Labute approximate surface area is 153 Å². The van der Waals surface area contributed by atoms with Crippen LogP contribution in [0.2, 0.25) is 0 Å². The first-order valence-electron chi connectivity index (χ1n) is 7.77. The molecule has 0 saturated carbocycles. The van der Waals surface area contributed by atoms with Gasteiger partial charge in [0.2, 0.25) is 0 Å². The Hall–Kier alpha value is -3.19. The third-order valence-electron chi connectivity index (χ3n) is 3.44. The van der Waals surface area contributed by atoms with Crippen molar-refractivity contribution in [2.24, 2.45) is 0 Å². The number of hydrogen-bond donors (Lipinski definition) is 1. The maximum Gasteiger partial charge on any atom is 0.344 e. The Morgan fingerprint density at radius 1 is 0.923 bits per heavy atom. The summed E-state index contributed by atoms with van der Waals surface area (Å²) in [4.78, 5) is 35.4. The van der Waals surface area contributed by atoms with E-state index in [-0.39, 0.29) is 6.61 Å². The number of benzene rings is 2. The van der Waals surface area contributed by atoms with Gasteiger partial charge in [-0.15, -0.1) is 11.3 Å². The molecule has 26 heavy (non-hydrogen) atoms. The molecule has 0 saturated heterocycles. The number of nitrogens with one attached hydrogen (secondary N) is 1. The van der Waals surface area contributed by atoms with Crippen LogP contribution >= 0.6 is 11.3 Å². The molecule has 1 aromatic heterocycles. The molecular weight excluding hydrogens is 354 g/mol. The van der Waals surface area contributed by atoms with E-state index in [1.54, 1.807) is 23.6 Å².